The molecule has 0 radical (unpaired) electrons. The van der Waals surface area contributed by atoms with Gasteiger partial charge in [-0.25, -0.2) is 0 Å². The third-order valence-electron chi connectivity index (χ3n) is 2.23. The lowest BCUT2D eigenvalue weighted by atomic mass is 10.0. The molecule has 0 aromatic rings. The molecular formula is C11H24N2O3. The lowest BCUT2D eigenvalue weighted by Crippen LogP contribution is -2.45. The van der Waals surface area contributed by atoms with Crippen LogP contribution in [0.15, 0.2) is 0 Å². The number of rotatable bonds is 10. The Bertz CT molecular complexity index is 186. The first-order chi connectivity index (χ1) is 7.59. The van der Waals surface area contributed by atoms with E-state index in [-0.39, 0.29) is 17.9 Å². The zero-order chi connectivity index (χ0) is 12.4. The Morgan fingerprint density at radius 3 is 2.50 bits per heavy atom. The van der Waals surface area contributed by atoms with Crippen LogP contribution >= 0.6 is 0 Å². The topological polar surface area (TPSA) is 73.6 Å². The molecule has 0 aliphatic heterocycles. The predicted molar refractivity (Wildman–Crippen MR) is 63.1 cm³/mol. The average Bonchev–Trinajstić information content (AvgIpc) is 2.21. The number of carbonyl (C=O) groups is 1. The normalized spacial score (nSPS) is 13.0. The van der Waals surface area contributed by atoms with Gasteiger partial charge in [0.2, 0.25) is 5.91 Å². The first-order valence-electron chi connectivity index (χ1n) is 5.69. The van der Waals surface area contributed by atoms with E-state index in [2.05, 4.69) is 5.32 Å². The third kappa shape index (κ3) is 7.62. The highest BCUT2D eigenvalue weighted by molar-refractivity contribution is 5.80. The monoisotopic (exact) mass is 232 g/mol. The molecule has 96 valence electrons. The van der Waals surface area contributed by atoms with Crippen molar-refractivity contribution in [1.82, 2.24) is 5.32 Å². The minimum Gasteiger partial charge on any atom is -0.382 e. The van der Waals surface area contributed by atoms with E-state index in [1.807, 2.05) is 13.8 Å². The van der Waals surface area contributed by atoms with Crippen LogP contribution in [0.25, 0.3) is 0 Å². The smallest absolute Gasteiger partial charge is 0.234 e. The van der Waals surface area contributed by atoms with Crippen molar-refractivity contribution in [2.45, 2.75) is 26.3 Å². The summed E-state index contributed by atoms with van der Waals surface area (Å²) < 4.78 is 10.1. The van der Waals surface area contributed by atoms with Gasteiger partial charge in [-0.2, -0.15) is 0 Å². The molecule has 0 bridgehead atoms. The zero-order valence-electron chi connectivity index (χ0n) is 10.5. The first-order valence-corrected chi connectivity index (χ1v) is 5.69. The number of primary amides is 1. The highest BCUT2D eigenvalue weighted by Gasteiger charge is 2.17. The summed E-state index contributed by atoms with van der Waals surface area (Å²) in [5.41, 5.74) is 5.27. The second-order valence-electron chi connectivity index (χ2n) is 4.04. The van der Waals surface area contributed by atoms with Crippen LogP contribution in [-0.2, 0) is 14.3 Å². The second kappa shape index (κ2) is 9.57. The van der Waals surface area contributed by atoms with Crippen LogP contribution in [0.3, 0.4) is 0 Å². The summed E-state index contributed by atoms with van der Waals surface area (Å²) in [5, 5.41) is 3.12. The van der Waals surface area contributed by atoms with Gasteiger partial charge in [-0.05, 0) is 18.9 Å². The maximum absolute atomic E-state index is 11.1. The quantitative estimate of drug-likeness (QED) is 0.525. The Morgan fingerprint density at radius 1 is 1.31 bits per heavy atom. The van der Waals surface area contributed by atoms with E-state index >= 15 is 0 Å². The molecular weight excluding hydrogens is 208 g/mol. The molecule has 5 nitrogen and oxygen atoms in total. The molecule has 0 fully saturated rings. The van der Waals surface area contributed by atoms with Crippen molar-refractivity contribution >= 4 is 5.91 Å². The minimum absolute atomic E-state index is 0.215. The van der Waals surface area contributed by atoms with Crippen molar-refractivity contribution in [1.29, 1.82) is 0 Å². The van der Waals surface area contributed by atoms with E-state index in [1.54, 1.807) is 7.11 Å². The van der Waals surface area contributed by atoms with Gasteiger partial charge in [-0.15, -0.1) is 0 Å². The van der Waals surface area contributed by atoms with E-state index in [0.29, 0.717) is 19.8 Å². The molecule has 1 atom stereocenters. The van der Waals surface area contributed by atoms with Crippen molar-refractivity contribution in [3.63, 3.8) is 0 Å². The fraction of sp³-hybridized carbons (Fsp3) is 0.909. The molecule has 0 aromatic carbocycles. The largest absolute Gasteiger partial charge is 0.382 e. The Hall–Kier alpha value is -0.650. The Labute approximate surface area is 97.7 Å². The van der Waals surface area contributed by atoms with E-state index in [9.17, 15) is 4.79 Å². The van der Waals surface area contributed by atoms with Gasteiger partial charge < -0.3 is 20.5 Å². The van der Waals surface area contributed by atoms with Gasteiger partial charge in [0.1, 0.15) is 0 Å². The maximum Gasteiger partial charge on any atom is 0.234 e. The molecule has 0 aliphatic rings. The van der Waals surface area contributed by atoms with Crippen molar-refractivity contribution in [2.24, 2.45) is 11.7 Å². The SMILES string of the molecule is COCCOCCCNC(C(N)=O)C(C)C. The number of carbonyl (C=O) groups excluding carboxylic acids is 1. The second-order valence-corrected chi connectivity index (χ2v) is 4.04. The van der Waals surface area contributed by atoms with Crippen LogP contribution in [0.4, 0.5) is 0 Å². The van der Waals surface area contributed by atoms with E-state index in [0.717, 1.165) is 13.0 Å². The molecule has 0 saturated heterocycles. The van der Waals surface area contributed by atoms with E-state index in [1.165, 1.54) is 0 Å². The summed E-state index contributed by atoms with van der Waals surface area (Å²) >= 11 is 0. The molecule has 0 rings (SSSR count). The molecule has 0 spiro atoms. The molecule has 0 heterocycles. The number of methoxy groups -OCH3 is 1. The molecule has 16 heavy (non-hydrogen) atoms. The lowest BCUT2D eigenvalue weighted by molar-refractivity contribution is -0.121. The van der Waals surface area contributed by atoms with E-state index in [4.69, 9.17) is 15.2 Å². The molecule has 0 aromatic heterocycles. The van der Waals surface area contributed by atoms with Crippen LogP contribution in [-0.4, -0.2) is 45.4 Å². The van der Waals surface area contributed by atoms with Crippen LogP contribution < -0.4 is 11.1 Å². The third-order valence-corrected chi connectivity index (χ3v) is 2.23. The fourth-order valence-electron chi connectivity index (χ4n) is 1.34. The minimum atomic E-state index is -0.296. The number of nitrogens with one attached hydrogen (secondary N) is 1. The van der Waals surface area contributed by atoms with Gasteiger partial charge in [0.25, 0.3) is 0 Å². The summed E-state index contributed by atoms with van der Waals surface area (Å²) in [7, 11) is 1.64. The first kappa shape index (κ1) is 15.3. The molecule has 0 saturated carbocycles. The average molecular weight is 232 g/mol. The molecule has 3 N–H and O–H groups in total. The zero-order valence-corrected chi connectivity index (χ0v) is 10.5. The van der Waals surface area contributed by atoms with Gasteiger partial charge in [0, 0.05) is 13.7 Å². The Morgan fingerprint density at radius 2 is 2.00 bits per heavy atom. The summed E-state index contributed by atoms with van der Waals surface area (Å²) in [4.78, 5) is 11.1. The molecule has 5 heteroatoms. The Balaban J connectivity index is 3.45. The number of hydrogen-bond donors (Lipinski definition) is 2. The number of ether oxygens (including phenoxy) is 2. The van der Waals surface area contributed by atoms with Crippen molar-refractivity contribution in [3.8, 4) is 0 Å². The number of amides is 1. The number of nitrogens with two attached hydrogens (primary N) is 1. The van der Waals surface area contributed by atoms with Crippen LogP contribution in [0.2, 0.25) is 0 Å². The lowest BCUT2D eigenvalue weighted by Gasteiger charge is -2.18. The van der Waals surface area contributed by atoms with Crippen LogP contribution in [0, 0.1) is 5.92 Å². The van der Waals surface area contributed by atoms with Gasteiger partial charge in [-0.1, -0.05) is 13.8 Å². The fourth-order valence-corrected chi connectivity index (χ4v) is 1.34. The molecule has 1 amide bonds. The van der Waals surface area contributed by atoms with E-state index < -0.39 is 0 Å². The highest BCUT2D eigenvalue weighted by Crippen LogP contribution is 2.00. The van der Waals surface area contributed by atoms with Gasteiger partial charge in [0.15, 0.2) is 0 Å². The summed E-state index contributed by atoms with van der Waals surface area (Å²) in [6, 6.07) is -0.251. The summed E-state index contributed by atoms with van der Waals surface area (Å²) in [6.07, 6.45) is 0.861. The molecule has 0 aliphatic carbocycles. The standard InChI is InChI=1S/C11H24N2O3/c1-9(2)10(11(12)14)13-5-4-6-16-8-7-15-3/h9-10,13H,4-8H2,1-3H3,(H2,12,14). The summed E-state index contributed by atoms with van der Waals surface area (Å²) in [5.74, 6) is -0.0813. The van der Waals surface area contributed by atoms with Crippen LogP contribution in [0.5, 0.6) is 0 Å². The molecule has 1 unspecified atom stereocenters. The Kier molecular flexibility index (Phi) is 9.18. The van der Waals surface area contributed by atoms with Gasteiger partial charge in [-0.3, -0.25) is 4.79 Å². The summed E-state index contributed by atoms with van der Waals surface area (Å²) in [6.45, 7) is 6.57. The van der Waals surface area contributed by atoms with Gasteiger partial charge in [0.05, 0.1) is 19.3 Å². The van der Waals surface area contributed by atoms with Crippen LogP contribution in [0.1, 0.15) is 20.3 Å². The highest BCUT2D eigenvalue weighted by atomic mass is 16.5. The van der Waals surface area contributed by atoms with Crippen molar-refractivity contribution in [3.05, 3.63) is 0 Å². The maximum atomic E-state index is 11.1. The predicted octanol–water partition coefficient (Wildman–Crippen LogP) is 0.139. The van der Waals surface area contributed by atoms with Gasteiger partial charge >= 0.3 is 0 Å². The van der Waals surface area contributed by atoms with Crippen molar-refractivity contribution < 1.29 is 14.3 Å². The number of hydrogen-bond acceptors (Lipinski definition) is 4. The van der Waals surface area contributed by atoms with Crippen molar-refractivity contribution in [2.75, 3.05) is 33.5 Å².